The number of aromatic nitrogens is 1. The molecule has 9 heteroatoms. The molecule has 0 aliphatic heterocycles. The minimum Gasteiger partial charge on any atom is -0.618 e. The van der Waals surface area contributed by atoms with Gasteiger partial charge in [0.05, 0.1) is 6.42 Å². The monoisotopic (exact) mass is 352 g/mol. The summed E-state index contributed by atoms with van der Waals surface area (Å²) in [4.78, 5) is 29.2. The molecule has 0 amide bonds. The molecule has 1 aromatic carbocycles. The maximum absolute atomic E-state index is 12.3. The summed E-state index contributed by atoms with van der Waals surface area (Å²) in [6, 6.07) is 10.5. The molecule has 2 rings (SSSR count). The molecular weight excluding hydrogens is 335 g/mol. The van der Waals surface area contributed by atoms with Crippen LogP contribution in [0.2, 0.25) is 0 Å². The Balaban J connectivity index is 2.54. The summed E-state index contributed by atoms with van der Waals surface area (Å²) in [5.41, 5.74) is 6.66. The predicted molar refractivity (Wildman–Crippen MR) is 85.9 cm³/mol. The molecule has 8 nitrogen and oxygen atoms in total. The van der Waals surface area contributed by atoms with Crippen LogP contribution in [0, 0.1) is 5.21 Å². The van der Waals surface area contributed by atoms with Gasteiger partial charge in [-0.2, -0.15) is 4.73 Å². The van der Waals surface area contributed by atoms with E-state index in [2.05, 4.69) is 0 Å². The fraction of sp³-hybridized carbons (Fsp3) is 0.200. The van der Waals surface area contributed by atoms with Crippen LogP contribution in [0.5, 0.6) is 0 Å². The zero-order chi connectivity index (χ0) is 17.9. The molecule has 0 fully saturated rings. The van der Waals surface area contributed by atoms with Crippen molar-refractivity contribution in [1.82, 2.24) is 0 Å². The molecule has 0 saturated heterocycles. The number of nitrogens with zero attached hydrogens (tertiary/aromatic N) is 1. The van der Waals surface area contributed by atoms with Gasteiger partial charge in [0.1, 0.15) is 12.2 Å². The van der Waals surface area contributed by atoms with E-state index in [0.717, 1.165) is 5.56 Å². The van der Waals surface area contributed by atoms with Gasteiger partial charge in [-0.3, -0.25) is 9.36 Å². The van der Waals surface area contributed by atoms with Crippen LogP contribution in [-0.4, -0.2) is 26.9 Å². The Hall–Kier alpha value is -2.25. The van der Waals surface area contributed by atoms with Gasteiger partial charge in [-0.1, -0.05) is 30.3 Å². The van der Waals surface area contributed by atoms with Crippen molar-refractivity contribution < 1.29 is 29.0 Å². The molecule has 0 spiro atoms. The number of carbonyl (C=O) groups is 1. The van der Waals surface area contributed by atoms with Crippen molar-refractivity contribution in [3.05, 3.63) is 59.1 Å². The van der Waals surface area contributed by atoms with Crippen LogP contribution < -0.4 is 10.5 Å². The summed E-state index contributed by atoms with van der Waals surface area (Å²) in [6.07, 6.45) is -1.000. The lowest BCUT2D eigenvalue weighted by Crippen LogP contribution is -2.42. The third kappa shape index (κ3) is 4.62. The maximum Gasteiger partial charge on any atom is 0.336 e. The zero-order valence-corrected chi connectivity index (χ0v) is 13.5. The van der Waals surface area contributed by atoms with Crippen LogP contribution in [0.4, 0.5) is 0 Å². The summed E-state index contributed by atoms with van der Waals surface area (Å²) in [5, 5.41) is 21.2. The van der Waals surface area contributed by atoms with Crippen LogP contribution in [-0.2, 0) is 21.9 Å². The molecule has 24 heavy (non-hydrogen) atoms. The van der Waals surface area contributed by atoms with Crippen molar-refractivity contribution >= 4 is 13.6 Å². The number of carboxylic acid groups (broad SMARTS) is 1. The lowest BCUT2D eigenvalue weighted by atomic mass is 10.0. The Labute approximate surface area is 137 Å². The number of nitrogens with two attached hydrogens (primary N) is 1. The highest BCUT2D eigenvalue weighted by molar-refractivity contribution is 7.50. The molecule has 0 aliphatic carbocycles. The smallest absolute Gasteiger partial charge is 0.336 e. The third-order valence-corrected chi connectivity index (χ3v) is 4.12. The third-order valence-electron chi connectivity index (χ3n) is 3.39. The van der Waals surface area contributed by atoms with Crippen molar-refractivity contribution in [2.45, 2.75) is 18.6 Å². The molecular formula is C15H17N2O6P. The van der Waals surface area contributed by atoms with E-state index in [1.165, 1.54) is 12.1 Å². The van der Waals surface area contributed by atoms with Gasteiger partial charge in [0.25, 0.3) is 0 Å². The second-order valence-corrected chi connectivity index (χ2v) is 7.00. The highest BCUT2D eigenvalue weighted by Gasteiger charge is 2.25. The van der Waals surface area contributed by atoms with Crippen molar-refractivity contribution in [2.75, 3.05) is 0 Å². The number of pyridine rings is 1. The number of hydrogen-bond acceptors (Lipinski definition) is 4. The summed E-state index contributed by atoms with van der Waals surface area (Å²) >= 11 is 0. The fourth-order valence-electron chi connectivity index (χ4n) is 2.28. The number of benzene rings is 1. The van der Waals surface area contributed by atoms with Crippen LogP contribution in [0.1, 0.15) is 11.4 Å². The molecule has 0 saturated carbocycles. The largest absolute Gasteiger partial charge is 0.618 e. The number of aliphatic carboxylic acids is 1. The van der Waals surface area contributed by atoms with Crippen LogP contribution in [0.15, 0.2) is 42.5 Å². The standard InChI is InChI=1S/C15H17N2O6P/c16-14(15(18)19)8-12-6-11(10-4-2-1-3-5-10)7-13(17(12)20)9-24(21,22)23/h1-7,14H,8-9,16H2,(H,18,19)(H2,21,22,23)/t14-/m0/s1. The van der Waals surface area contributed by atoms with E-state index in [-0.39, 0.29) is 17.8 Å². The van der Waals surface area contributed by atoms with Gasteiger partial charge in [0.2, 0.25) is 5.69 Å². The summed E-state index contributed by atoms with van der Waals surface area (Å²) < 4.78 is 11.6. The average Bonchev–Trinajstić information content (AvgIpc) is 2.50. The van der Waals surface area contributed by atoms with E-state index < -0.39 is 25.8 Å². The topological polar surface area (TPSA) is 148 Å². The van der Waals surface area contributed by atoms with Gasteiger partial charge >= 0.3 is 13.6 Å². The normalized spacial score (nSPS) is 12.8. The second-order valence-electron chi connectivity index (χ2n) is 5.36. The maximum atomic E-state index is 12.3. The van der Waals surface area contributed by atoms with Crippen LogP contribution in [0.3, 0.4) is 0 Å². The van der Waals surface area contributed by atoms with Crippen LogP contribution in [0.25, 0.3) is 11.1 Å². The lowest BCUT2D eigenvalue weighted by molar-refractivity contribution is -0.621. The highest BCUT2D eigenvalue weighted by atomic mass is 31.2. The Morgan fingerprint density at radius 1 is 1.17 bits per heavy atom. The van der Waals surface area contributed by atoms with Gasteiger partial charge in [0, 0.05) is 12.1 Å². The van der Waals surface area contributed by atoms with Crippen molar-refractivity contribution in [3.63, 3.8) is 0 Å². The van der Waals surface area contributed by atoms with Crippen LogP contribution >= 0.6 is 7.60 Å². The summed E-state index contributed by atoms with van der Waals surface area (Å²) in [6.45, 7) is 0. The number of carboxylic acids is 1. The fourth-order valence-corrected chi connectivity index (χ4v) is 2.92. The SMILES string of the molecule is N[C@@H](Cc1cc(-c2ccccc2)cc(CP(=O)(O)O)[n+]1[O-])C(=O)O. The first-order valence-electron chi connectivity index (χ1n) is 7.01. The van der Waals surface area contributed by atoms with E-state index in [1.54, 1.807) is 30.3 Å². The first-order chi connectivity index (χ1) is 11.2. The average molecular weight is 352 g/mol. The molecule has 0 bridgehead atoms. The molecule has 0 unspecified atom stereocenters. The molecule has 1 aromatic heterocycles. The van der Waals surface area contributed by atoms with E-state index in [0.29, 0.717) is 10.3 Å². The number of hydrogen-bond donors (Lipinski definition) is 4. The molecule has 0 aliphatic rings. The zero-order valence-electron chi connectivity index (χ0n) is 12.6. The predicted octanol–water partition coefficient (Wildman–Crippen LogP) is 0.619. The summed E-state index contributed by atoms with van der Waals surface area (Å²) in [7, 11) is -4.47. The molecule has 128 valence electrons. The Kier molecular flexibility index (Phi) is 5.36. The van der Waals surface area contributed by atoms with Gasteiger partial charge in [-0.05, 0) is 11.1 Å². The van der Waals surface area contributed by atoms with Crippen molar-refractivity contribution in [3.8, 4) is 11.1 Å². The van der Waals surface area contributed by atoms with E-state index in [1.807, 2.05) is 0 Å². The van der Waals surface area contributed by atoms with E-state index in [9.17, 15) is 14.6 Å². The van der Waals surface area contributed by atoms with Gasteiger partial charge in [0.15, 0.2) is 5.69 Å². The Morgan fingerprint density at radius 3 is 2.29 bits per heavy atom. The quantitative estimate of drug-likeness (QED) is 0.338. The minimum atomic E-state index is -4.47. The van der Waals surface area contributed by atoms with Crippen molar-refractivity contribution in [2.24, 2.45) is 5.73 Å². The van der Waals surface area contributed by atoms with Gasteiger partial charge in [-0.25, -0.2) is 0 Å². The molecule has 2 aromatic rings. The minimum absolute atomic E-state index is 0.0368. The first kappa shape index (κ1) is 18.1. The van der Waals surface area contributed by atoms with E-state index >= 15 is 0 Å². The molecule has 0 radical (unpaired) electrons. The second kappa shape index (κ2) is 7.11. The molecule has 5 N–H and O–H groups in total. The Morgan fingerprint density at radius 2 is 1.75 bits per heavy atom. The van der Waals surface area contributed by atoms with Gasteiger partial charge < -0.3 is 25.8 Å². The van der Waals surface area contributed by atoms with Gasteiger partial charge in [-0.15, -0.1) is 0 Å². The molecule has 1 atom stereocenters. The van der Waals surface area contributed by atoms with E-state index in [4.69, 9.17) is 20.6 Å². The molecule has 1 heterocycles. The highest BCUT2D eigenvalue weighted by Crippen LogP contribution is 2.38. The summed E-state index contributed by atoms with van der Waals surface area (Å²) in [5.74, 6) is -1.27. The number of rotatable bonds is 6. The van der Waals surface area contributed by atoms with Crippen molar-refractivity contribution in [1.29, 1.82) is 0 Å². The lowest BCUT2D eigenvalue weighted by Gasteiger charge is -2.14. The first-order valence-corrected chi connectivity index (χ1v) is 8.81. The Bertz CT molecular complexity index is 790.